The lowest BCUT2D eigenvalue weighted by atomic mass is 9.69. The third-order valence-electron chi connectivity index (χ3n) is 7.24. The highest BCUT2D eigenvalue weighted by molar-refractivity contribution is 5.98. The zero-order chi connectivity index (χ0) is 21.6. The van der Waals surface area contributed by atoms with Crippen LogP contribution in [0.4, 0.5) is 0 Å². The maximum atomic E-state index is 12.0. The van der Waals surface area contributed by atoms with Crippen LogP contribution in [0.2, 0.25) is 0 Å². The van der Waals surface area contributed by atoms with E-state index in [1.807, 2.05) is 12.1 Å². The molecule has 0 radical (unpaired) electrons. The Morgan fingerprint density at radius 2 is 1.87 bits per heavy atom. The van der Waals surface area contributed by atoms with Crippen LogP contribution in [0, 0.1) is 11.3 Å². The van der Waals surface area contributed by atoms with E-state index in [9.17, 15) is 9.59 Å². The van der Waals surface area contributed by atoms with Crippen LogP contribution in [0.5, 0.6) is 5.75 Å². The standard InChI is InChI=1S/C25H38N2O3/c1-19(2)27(16-13-20-9-4-5-12-22(20)30-3)15-7-6-10-21-11-8-14-25(21)17-23(28)26-24(29)18-25/h4-5,9,12,19,21H,6-8,10-11,13-18H2,1-3H3,(H,26,28,29). The van der Waals surface area contributed by atoms with E-state index < -0.39 is 0 Å². The van der Waals surface area contributed by atoms with Crippen LogP contribution >= 0.6 is 0 Å². The molecule has 0 aromatic heterocycles. The average molecular weight is 415 g/mol. The number of hydrogen-bond donors (Lipinski definition) is 1. The Morgan fingerprint density at radius 3 is 2.57 bits per heavy atom. The number of carbonyl (C=O) groups excluding carboxylic acids is 2. The van der Waals surface area contributed by atoms with Crippen molar-refractivity contribution in [3.05, 3.63) is 29.8 Å². The minimum atomic E-state index is -0.0690. The zero-order valence-electron chi connectivity index (χ0n) is 18.9. The molecule has 1 unspecified atom stereocenters. The second-order valence-corrected chi connectivity index (χ2v) is 9.46. The van der Waals surface area contributed by atoms with Crippen molar-refractivity contribution in [3.8, 4) is 5.75 Å². The maximum absolute atomic E-state index is 12.0. The number of rotatable bonds is 10. The van der Waals surface area contributed by atoms with Gasteiger partial charge in [0, 0.05) is 25.4 Å². The van der Waals surface area contributed by atoms with Gasteiger partial charge in [-0.05, 0) is 75.5 Å². The van der Waals surface area contributed by atoms with E-state index in [0.29, 0.717) is 24.8 Å². The highest BCUT2D eigenvalue weighted by Crippen LogP contribution is 2.51. The van der Waals surface area contributed by atoms with Crippen LogP contribution in [0.15, 0.2) is 24.3 Å². The molecule has 166 valence electrons. The molecule has 1 aliphatic heterocycles. The van der Waals surface area contributed by atoms with Gasteiger partial charge in [-0.1, -0.05) is 31.0 Å². The van der Waals surface area contributed by atoms with E-state index in [-0.39, 0.29) is 17.2 Å². The van der Waals surface area contributed by atoms with Crippen molar-refractivity contribution in [2.75, 3.05) is 20.2 Å². The quantitative estimate of drug-likeness (QED) is 0.457. The molecule has 1 spiro atoms. The molecule has 30 heavy (non-hydrogen) atoms. The lowest BCUT2D eigenvalue weighted by Gasteiger charge is -2.37. The van der Waals surface area contributed by atoms with E-state index >= 15 is 0 Å². The minimum Gasteiger partial charge on any atom is -0.496 e. The first-order chi connectivity index (χ1) is 14.4. The van der Waals surface area contributed by atoms with Crippen molar-refractivity contribution < 1.29 is 14.3 Å². The Balaban J connectivity index is 1.46. The van der Waals surface area contributed by atoms with Gasteiger partial charge in [0.15, 0.2) is 0 Å². The summed E-state index contributed by atoms with van der Waals surface area (Å²) in [6.45, 7) is 6.65. The molecule has 1 heterocycles. The Labute approximate surface area is 181 Å². The topological polar surface area (TPSA) is 58.6 Å². The van der Waals surface area contributed by atoms with Gasteiger partial charge in [-0.25, -0.2) is 0 Å². The zero-order valence-corrected chi connectivity index (χ0v) is 18.9. The summed E-state index contributed by atoms with van der Waals surface area (Å²) in [4.78, 5) is 26.5. The summed E-state index contributed by atoms with van der Waals surface area (Å²) in [5.41, 5.74) is 1.21. The predicted molar refractivity (Wildman–Crippen MR) is 119 cm³/mol. The number of amides is 2. The summed E-state index contributed by atoms with van der Waals surface area (Å²) < 4.78 is 5.49. The summed E-state index contributed by atoms with van der Waals surface area (Å²) in [6.07, 6.45) is 8.90. The number of ether oxygens (including phenoxy) is 1. The van der Waals surface area contributed by atoms with E-state index in [2.05, 4.69) is 36.2 Å². The summed E-state index contributed by atoms with van der Waals surface area (Å²) in [6, 6.07) is 8.78. The molecular weight excluding hydrogens is 376 g/mol. The summed E-state index contributed by atoms with van der Waals surface area (Å²) in [5, 5.41) is 2.49. The normalized spacial score (nSPS) is 20.9. The molecule has 3 rings (SSSR count). The van der Waals surface area contributed by atoms with Gasteiger partial charge in [-0.15, -0.1) is 0 Å². The number of methoxy groups -OCH3 is 1. The fourth-order valence-corrected chi connectivity index (χ4v) is 5.58. The number of nitrogens with one attached hydrogen (secondary N) is 1. The lowest BCUT2D eigenvalue weighted by Crippen LogP contribution is -2.46. The fraction of sp³-hybridized carbons (Fsp3) is 0.680. The van der Waals surface area contributed by atoms with Crippen molar-refractivity contribution in [3.63, 3.8) is 0 Å². The Bertz CT molecular complexity index is 715. The Hall–Kier alpha value is -1.88. The number of unbranched alkanes of at least 4 members (excludes halogenated alkanes) is 1. The molecule has 2 amide bonds. The van der Waals surface area contributed by atoms with Crippen molar-refractivity contribution >= 4 is 11.8 Å². The van der Waals surface area contributed by atoms with E-state index in [4.69, 9.17) is 4.74 Å². The third-order valence-corrected chi connectivity index (χ3v) is 7.24. The third kappa shape index (κ3) is 5.63. The summed E-state index contributed by atoms with van der Waals surface area (Å²) in [7, 11) is 1.73. The molecule has 1 aromatic rings. The van der Waals surface area contributed by atoms with Crippen LogP contribution in [0.25, 0.3) is 0 Å². The van der Waals surface area contributed by atoms with Crippen LogP contribution in [0.3, 0.4) is 0 Å². The van der Waals surface area contributed by atoms with Gasteiger partial charge in [-0.3, -0.25) is 14.9 Å². The fourth-order valence-electron chi connectivity index (χ4n) is 5.58. The first kappa shape index (κ1) is 22.8. The molecule has 5 heteroatoms. The SMILES string of the molecule is COc1ccccc1CCN(CCCCC1CCCC12CC(=O)NC(=O)C2)C(C)C. The molecule has 1 saturated heterocycles. The molecule has 1 atom stereocenters. The maximum Gasteiger partial charge on any atom is 0.227 e. The smallest absolute Gasteiger partial charge is 0.227 e. The van der Waals surface area contributed by atoms with Crippen molar-refractivity contribution in [2.45, 2.75) is 77.7 Å². The van der Waals surface area contributed by atoms with Gasteiger partial charge in [0.05, 0.1) is 7.11 Å². The number of hydrogen-bond acceptors (Lipinski definition) is 4. The molecule has 1 aliphatic carbocycles. The van der Waals surface area contributed by atoms with E-state index in [1.165, 1.54) is 18.4 Å². The largest absolute Gasteiger partial charge is 0.496 e. The van der Waals surface area contributed by atoms with Crippen molar-refractivity contribution in [2.24, 2.45) is 11.3 Å². The molecule has 5 nitrogen and oxygen atoms in total. The molecule has 2 aliphatic rings. The van der Waals surface area contributed by atoms with Gasteiger partial charge in [0.1, 0.15) is 5.75 Å². The average Bonchev–Trinajstić information content (AvgIpc) is 3.07. The van der Waals surface area contributed by atoms with Gasteiger partial charge in [-0.2, -0.15) is 0 Å². The van der Waals surface area contributed by atoms with Crippen LogP contribution < -0.4 is 10.1 Å². The highest BCUT2D eigenvalue weighted by Gasteiger charge is 2.47. The predicted octanol–water partition coefficient (Wildman–Crippen LogP) is 4.34. The Kier molecular flexibility index (Phi) is 7.93. The Morgan fingerprint density at radius 1 is 1.13 bits per heavy atom. The van der Waals surface area contributed by atoms with E-state index in [0.717, 1.165) is 50.9 Å². The first-order valence-electron chi connectivity index (χ1n) is 11.6. The minimum absolute atomic E-state index is 0.0545. The van der Waals surface area contributed by atoms with Crippen LogP contribution in [-0.2, 0) is 16.0 Å². The lowest BCUT2D eigenvalue weighted by molar-refractivity contribution is -0.139. The van der Waals surface area contributed by atoms with Gasteiger partial charge in [0.2, 0.25) is 11.8 Å². The van der Waals surface area contributed by atoms with Crippen molar-refractivity contribution in [1.29, 1.82) is 0 Å². The molecule has 1 aromatic carbocycles. The number of benzene rings is 1. The molecule has 2 fully saturated rings. The monoisotopic (exact) mass is 414 g/mol. The second-order valence-electron chi connectivity index (χ2n) is 9.46. The summed E-state index contributed by atoms with van der Waals surface area (Å²) in [5.74, 6) is 1.35. The molecule has 0 bridgehead atoms. The number of imide groups is 1. The van der Waals surface area contributed by atoms with Crippen LogP contribution in [-0.4, -0.2) is 43.0 Å². The summed E-state index contributed by atoms with van der Waals surface area (Å²) >= 11 is 0. The first-order valence-corrected chi connectivity index (χ1v) is 11.6. The molecular formula is C25H38N2O3. The number of nitrogens with zero attached hydrogens (tertiary/aromatic N) is 1. The number of carbonyl (C=O) groups is 2. The number of para-hydroxylation sites is 1. The highest BCUT2D eigenvalue weighted by atomic mass is 16.5. The van der Waals surface area contributed by atoms with Crippen molar-refractivity contribution in [1.82, 2.24) is 10.2 Å². The molecule has 1 N–H and O–H groups in total. The second kappa shape index (κ2) is 10.4. The van der Waals surface area contributed by atoms with Gasteiger partial charge in [0.25, 0.3) is 0 Å². The van der Waals surface area contributed by atoms with Crippen LogP contribution in [0.1, 0.15) is 70.8 Å². The van der Waals surface area contributed by atoms with Gasteiger partial charge >= 0.3 is 0 Å². The number of piperidine rings is 1. The van der Waals surface area contributed by atoms with Gasteiger partial charge < -0.3 is 9.64 Å². The molecule has 1 saturated carbocycles. The van der Waals surface area contributed by atoms with E-state index in [1.54, 1.807) is 7.11 Å².